The van der Waals surface area contributed by atoms with Crippen molar-refractivity contribution in [2.45, 2.75) is 6.54 Å². The van der Waals surface area contributed by atoms with E-state index in [-0.39, 0.29) is 0 Å². The molecule has 21 heavy (non-hydrogen) atoms. The van der Waals surface area contributed by atoms with Gasteiger partial charge in [-0.05, 0) is 31.3 Å². The molecule has 108 valence electrons. The third-order valence-corrected chi connectivity index (χ3v) is 3.89. The van der Waals surface area contributed by atoms with Gasteiger partial charge in [0, 0.05) is 38.1 Å². The highest BCUT2D eigenvalue weighted by Gasteiger charge is 2.14. The molecule has 1 aliphatic rings. The van der Waals surface area contributed by atoms with E-state index in [0.29, 0.717) is 5.69 Å². The first-order valence-corrected chi connectivity index (χ1v) is 7.13. The van der Waals surface area contributed by atoms with Crippen LogP contribution in [0.3, 0.4) is 0 Å². The van der Waals surface area contributed by atoms with Gasteiger partial charge in [0.15, 0.2) is 0 Å². The first-order valence-electron chi connectivity index (χ1n) is 7.13. The van der Waals surface area contributed by atoms with Gasteiger partial charge in [-0.2, -0.15) is 4.99 Å². The summed E-state index contributed by atoms with van der Waals surface area (Å²) < 4.78 is 0. The van der Waals surface area contributed by atoms with E-state index in [2.05, 4.69) is 27.9 Å². The van der Waals surface area contributed by atoms with Crippen LogP contribution in [0.4, 0.5) is 5.69 Å². The van der Waals surface area contributed by atoms with Gasteiger partial charge in [0.1, 0.15) is 0 Å². The monoisotopic (exact) mass is 282 g/mol. The van der Waals surface area contributed by atoms with E-state index in [1.54, 1.807) is 12.1 Å². The average molecular weight is 282 g/mol. The molecule has 1 aromatic heterocycles. The number of likely N-dealkylation sites (N-methyl/N-ethyl adjacent to an activating group) is 1. The van der Waals surface area contributed by atoms with Gasteiger partial charge in [0.2, 0.25) is 6.08 Å². The number of pyridine rings is 1. The molecule has 0 amide bonds. The maximum absolute atomic E-state index is 10.3. The number of aliphatic imine (C=N–C) groups is 1. The summed E-state index contributed by atoms with van der Waals surface area (Å²) in [5.74, 6) is 0. The molecule has 0 aliphatic carbocycles. The second kappa shape index (κ2) is 6.14. The number of nitrogens with zero attached hydrogens (tertiary/aromatic N) is 4. The Labute approximate surface area is 123 Å². The highest BCUT2D eigenvalue weighted by molar-refractivity contribution is 5.82. The molecule has 0 N–H and O–H groups in total. The van der Waals surface area contributed by atoms with Crippen molar-refractivity contribution in [3.63, 3.8) is 0 Å². The van der Waals surface area contributed by atoms with Gasteiger partial charge >= 0.3 is 0 Å². The van der Waals surface area contributed by atoms with Crippen molar-refractivity contribution in [1.82, 2.24) is 14.8 Å². The van der Waals surface area contributed by atoms with E-state index in [1.165, 1.54) is 0 Å². The Morgan fingerprint density at radius 3 is 2.76 bits per heavy atom. The molecule has 1 fully saturated rings. The third-order valence-electron chi connectivity index (χ3n) is 3.89. The topological polar surface area (TPSA) is 48.8 Å². The maximum atomic E-state index is 10.3. The van der Waals surface area contributed by atoms with Crippen LogP contribution in [0.2, 0.25) is 0 Å². The van der Waals surface area contributed by atoms with Gasteiger partial charge in [0.25, 0.3) is 0 Å². The normalized spacial score (nSPS) is 16.8. The number of rotatable bonds is 3. The standard InChI is InChI=1S/C16H18N4O/c1-19-6-8-20(9-7-19)11-15-3-2-13-10-14(17-12-21)4-5-16(13)18-15/h2-5,10H,6-9,11H2,1H3. The van der Waals surface area contributed by atoms with E-state index in [0.717, 1.165) is 49.3 Å². The fourth-order valence-electron chi connectivity index (χ4n) is 2.60. The van der Waals surface area contributed by atoms with E-state index >= 15 is 0 Å². The molecule has 5 heteroatoms. The zero-order valence-corrected chi connectivity index (χ0v) is 12.1. The molecule has 0 saturated carbocycles. The predicted octanol–water partition coefficient (Wildman–Crippen LogP) is 1.95. The molecule has 2 aromatic rings. The summed E-state index contributed by atoms with van der Waals surface area (Å²) in [6.07, 6.45) is 1.56. The second-order valence-corrected chi connectivity index (χ2v) is 5.46. The van der Waals surface area contributed by atoms with Crippen LogP contribution in [0.25, 0.3) is 10.9 Å². The smallest absolute Gasteiger partial charge is 0.240 e. The first-order chi connectivity index (χ1) is 10.2. The van der Waals surface area contributed by atoms with Crippen LogP contribution in [0, 0.1) is 0 Å². The van der Waals surface area contributed by atoms with Gasteiger partial charge < -0.3 is 4.90 Å². The van der Waals surface area contributed by atoms with Gasteiger partial charge in [-0.15, -0.1) is 0 Å². The van der Waals surface area contributed by atoms with Crippen molar-refractivity contribution < 1.29 is 4.79 Å². The van der Waals surface area contributed by atoms with E-state index in [1.807, 2.05) is 18.2 Å². The Bertz CT molecular complexity index is 686. The summed E-state index contributed by atoms with van der Waals surface area (Å²) in [5, 5.41) is 0.994. The van der Waals surface area contributed by atoms with Gasteiger partial charge in [0.05, 0.1) is 16.9 Å². The van der Waals surface area contributed by atoms with Gasteiger partial charge in [-0.3, -0.25) is 9.88 Å². The van der Waals surface area contributed by atoms with Crippen molar-refractivity contribution in [2.24, 2.45) is 4.99 Å². The zero-order valence-electron chi connectivity index (χ0n) is 12.1. The fraction of sp³-hybridized carbons (Fsp3) is 0.375. The number of isocyanates is 1. The molecule has 5 nitrogen and oxygen atoms in total. The summed E-state index contributed by atoms with van der Waals surface area (Å²) in [4.78, 5) is 23.4. The fourth-order valence-corrected chi connectivity index (χ4v) is 2.60. The second-order valence-electron chi connectivity index (χ2n) is 5.46. The lowest BCUT2D eigenvalue weighted by molar-refractivity contribution is 0.147. The predicted molar refractivity (Wildman–Crippen MR) is 82.3 cm³/mol. The highest BCUT2D eigenvalue weighted by atomic mass is 16.1. The average Bonchev–Trinajstić information content (AvgIpc) is 2.50. The maximum Gasteiger partial charge on any atom is 0.240 e. The summed E-state index contributed by atoms with van der Waals surface area (Å²) in [6.45, 7) is 5.28. The Morgan fingerprint density at radius 1 is 1.19 bits per heavy atom. The van der Waals surface area contributed by atoms with Gasteiger partial charge in [-0.25, -0.2) is 4.79 Å². The molecule has 0 radical (unpaired) electrons. The van der Waals surface area contributed by atoms with Crippen LogP contribution >= 0.6 is 0 Å². The Hall–Kier alpha value is -2.07. The van der Waals surface area contributed by atoms with Crippen LogP contribution in [0.5, 0.6) is 0 Å². The Morgan fingerprint density at radius 2 is 2.00 bits per heavy atom. The third kappa shape index (κ3) is 3.34. The molecule has 0 spiro atoms. The molecule has 0 bridgehead atoms. The highest BCUT2D eigenvalue weighted by Crippen LogP contribution is 2.20. The number of hydrogen-bond donors (Lipinski definition) is 0. The van der Waals surface area contributed by atoms with Crippen LogP contribution in [0.15, 0.2) is 35.3 Å². The van der Waals surface area contributed by atoms with Crippen LogP contribution in [0.1, 0.15) is 5.69 Å². The lowest BCUT2D eigenvalue weighted by Gasteiger charge is -2.32. The first kappa shape index (κ1) is 13.9. The SMILES string of the molecule is CN1CCN(Cc2ccc3cc(N=C=O)ccc3n2)CC1. The van der Waals surface area contributed by atoms with Crippen LogP contribution < -0.4 is 0 Å². The van der Waals surface area contributed by atoms with E-state index in [4.69, 9.17) is 4.98 Å². The summed E-state index contributed by atoms with van der Waals surface area (Å²) in [7, 11) is 2.16. The minimum atomic E-state index is 0.617. The van der Waals surface area contributed by atoms with Crippen molar-refractivity contribution in [3.8, 4) is 0 Å². The zero-order chi connectivity index (χ0) is 14.7. The van der Waals surface area contributed by atoms with Crippen molar-refractivity contribution in [2.75, 3.05) is 33.2 Å². The van der Waals surface area contributed by atoms with Gasteiger partial charge in [-0.1, -0.05) is 6.07 Å². The largest absolute Gasteiger partial charge is 0.304 e. The summed E-state index contributed by atoms with van der Waals surface area (Å²) >= 11 is 0. The molecular weight excluding hydrogens is 264 g/mol. The minimum absolute atomic E-state index is 0.617. The van der Waals surface area contributed by atoms with Crippen molar-refractivity contribution in [1.29, 1.82) is 0 Å². The van der Waals surface area contributed by atoms with E-state index in [9.17, 15) is 4.79 Å². The molecular formula is C16H18N4O. The lowest BCUT2D eigenvalue weighted by atomic mass is 10.1. The Balaban J connectivity index is 1.78. The molecule has 0 atom stereocenters. The van der Waals surface area contributed by atoms with Crippen LogP contribution in [-0.2, 0) is 11.3 Å². The number of fused-ring (bicyclic) bond motifs is 1. The molecule has 1 aliphatic heterocycles. The molecule has 2 heterocycles. The van der Waals surface area contributed by atoms with E-state index < -0.39 is 0 Å². The quantitative estimate of drug-likeness (QED) is 0.638. The number of hydrogen-bond acceptors (Lipinski definition) is 5. The van der Waals surface area contributed by atoms with Crippen LogP contribution in [-0.4, -0.2) is 54.1 Å². The lowest BCUT2D eigenvalue weighted by Crippen LogP contribution is -2.43. The minimum Gasteiger partial charge on any atom is -0.304 e. The summed E-state index contributed by atoms with van der Waals surface area (Å²) in [5.41, 5.74) is 2.64. The van der Waals surface area contributed by atoms with Crippen molar-refractivity contribution >= 4 is 22.7 Å². The van der Waals surface area contributed by atoms with Crippen molar-refractivity contribution in [3.05, 3.63) is 36.0 Å². The molecule has 1 aromatic carbocycles. The molecule has 3 rings (SSSR count). The summed E-state index contributed by atoms with van der Waals surface area (Å²) in [6, 6.07) is 9.64. The number of piperazine rings is 1. The Kier molecular flexibility index (Phi) is 4.06. The molecule has 1 saturated heterocycles. The molecule has 0 unspecified atom stereocenters. The number of carbonyl (C=O) groups excluding carboxylic acids is 1. The number of benzene rings is 1. The number of aromatic nitrogens is 1.